The summed E-state index contributed by atoms with van der Waals surface area (Å²) in [7, 11) is 0. The van der Waals surface area contributed by atoms with Crippen LogP contribution in [0.4, 0.5) is 0 Å². The van der Waals surface area contributed by atoms with Crippen LogP contribution in [-0.2, 0) is 14.4 Å². The van der Waals surface area contributed by atoms with Crippen molar-refractivity contribution in [2.24, 2.45) is 4.99 Å². The number of amides is 1. The summed E-state index contributed by atoms with van der Waals surface area (Å²) in [6.45, 7) is 0. The van der Waals surface area contributed by atoms with Crippen molar-refractivity contribution in [3.8, 4) is 0 Å². The maximum absolute atomic E-state index is 11.1. The first kappa shape index (κ1) is 9.95. The minimum atomic E-state index is -1.18. The predicted octanol–water partition coefficient (Wildman–Crippen LogP) is -0.0780. The van der Waals surface area contributed by atoms with Gasteiger partial charge in [-0.25, -0.2) is 9.59 Å². The van der Waals surface area contributed by atoms with E-state index in [1.807, 2.05) is 0 Å². The van der Waals surface area contributed by atoms with Gasteiger partial charge in [0.15, 0.2) is 0 Å². The van der Waals surface area contributed by atoms with Crippen LogP contribution >= 0.6 is 11.8 Å². The van der Waals surface area contributed by atoms with Gasteiger partial charge in [-0.3, -0.25) is 9.69 Å². The predicted molar refractivity (Wildman–Crippen MR) is 50.5 cm³/mol. The van der Waals surface area contributed by atoms with E-state index in [0.717, 1.165) is 0 Å². The second kappa shape index (κ2) is 3.52. The van der Waals surface area contributed by atoms with Gasteiger partial charge in [-0.2, -0.15) is 4.99 Å². The molecule has 7 heteroatoms. The molecule has 2 aliphatic rings. The number of carbonyl (C=O) groups excluding carboxylic acids is 2. The molecule has 15 heavy (non-hydrogen) atoms. The summed E-state index contributed by atoms with van der Waals surface area (Å²) in [5.74, 6) is -1.39. The molecular weight excluding hydrogens is 220 g/mol. The van der Waals surface area contributed by atoms with Gasteiger partial charge in [0, 0.05) is 0 Å². The fraction of sp³-hybridized carbons (Fsp3) is 0.375. The molecule has 2 aliphatic heterocycles. The third kappa shape index (κ3) is 1.55. The number of carboxylic acid groups (broad SMARTS) is 1. The van der Waals surface area contributed by atoms with Crippen LogP contribution in [0.25, 0.3) is 0 Å². The van der Waals surface area contributed by atoms with Crippen LogP contribution in [0.15, 0.2) is 16.8 Å². The van der Waals surface area contributed by atoms with Gasteiger partial charge in [0.05, 0.1) is 11.8 Å². The van der Waals surface area contributed by atoms with Crippen molar-refractivity contribution in [3.63, 3.8) is 0 Å². The zero-order valence-corrected chi connectivity index (χ0v) is 8.23. The summed E-state index contributed by atoms with van der Waals surface area (Å²) in [4.78, 5) is 36.7. The molecule has 0 aromatic rings. The molecule has 1 amide bonds. The fourth-order valence-electron chi connectivity index (χ4n) is 1.50. The van der Waals surface area contributed by atoms with Gasteiger partial charge >= 0.3 is 5.97 Å². The number of thioether (sulfide) groups is 1. The van der Waals surface area contributed by atoms with Gasteiger partial charge in [0.25, 0.3) is 0 Å². The van der Waals surface area contributed by atoms with E-state index in [1.54, 1.807) is 0 Å². The molecule has 0 aromatic heterocycles. The maximum Gasteiger partial charge on any atom is 0.352 e. The summed E-state index contributed by atoms with van der Waals surface area (Å²) >= 11 is 1.27. The van der Waals surface area contributed by atoms with Crippen LogP contribution in [0, 0.1) is 0 Å². The normalized spacial score (nSPS) is 28.4. The Balaban J connectivity index is 2.32. The lowest BCUT2D eigenvalue weighted by atomic mass is 10.1. The summed E-state index contributed by atoms with van der Waals surface area (Å²) in [6, 6.07) is 0. The largest absolute Gasteiger partial charge is 0.477 e. The number of aliphatic imine (C=N–C) groups is 1. The standard InChI is InChI=1S/C8H6N2O4S/c11-3-9-5-1-4(8(13)14)10-6(12)2-7(10)15-5/h1,5,7H,2H2,(H,13,14)/t5?,7-/m1/s1. The van der Waals surface area contributed by atoms with Crippen molar-refractivity contribution in [2.75, 3.05) is 0 Å². The lowest BCUT2D eigenvalue weighted by molar-refractivity contribution is -0.146. The van der Waals surface area contributed by atoms with Crippen molar-refractivity contribution in [1.82, 2.24) is 4.90 Å². The highest BCUT2D eigenvalue weighted by Gasteiger charge is 2.45. The van der Waals surface area contributed by atoms with Crippen molar-refractivity contribution in [3.05, 3.63) is 11.8 Å². The average Bonchev–Trinajstić information content (AvgIpc) is 2.15. The molecule has 0 aliphatic carbocycles. The van der Waals surface area contributed by atoms with Crippen LogP contribution in [0.2, 0.25) is 0 Å². The van der Waals surface area contributed by atoms with Crippen molar-refractivity contribution < 1.29 is 19.5 Å². The lowest BCUT2D eigenvalue weighted by Crippen LogP contribution is -2.53. The molecule has 1 unspecified atom stereocenters. The molecule has 0 radical (unpaired) electrons. The maximum atomic E-state index is 11.1. The molecule has 6 nitrogen and oxygen atoms in total. The molecule has 0 spiro atoms. The van der Waals surface area contributed by atoms with Crippen molar-refractivity contribution >= 4 is 29.7 Å². The van der Waals surface area contributed by atoms with Gasteiger partial charge in [-0.1, -0.05) is 0 Å². The second-order valence-corrected chi connectivity index (χ2v) is 4.33. The molecule has 0 saturated carbocycles. The van der Waals surface area contributed by atoms with Gasteiger partial charge in [0.1, 0.15) is 11.1 Å². The zero-order valence-electron chi connectivity index (χ0n) is 7.41. The SMILES string of the molecule is O=C=NC1C=C(C(=O)O)N2C(=O)C[C@H]2S1. The van der Waals surface area contributed by atoms with Crippen molar-refractivity contribution in [2.45, 2.75) is 17.2 Å². The number of aliphatic carboxylic acids is 1. The van der Waals surface area contributed by atoms with E-state index in [-0.39, 0.29) is 17.0 Å². The van der Waals surface area contributed by atoms with Crippen molar-refractivity contribution in [1.29, 1.82) is 0 Å². The first-order valence-electron chi connectivity index (χ1n) is 4.13. The number of rotatable bonds is 2. The van der Waals surface area contributed by atoms with E-state index >= 15 is 0 Å². The van der Waals surface area contributed by atoms with Gasteiger partial charge in [0.2, 0.25) is 12.0 Å². The monoisotopic (exact) mass is 226 g/mol. The van der Waals surface area contributed by atoms with E-state index in [0.29, 0.717) is 6.42 Å². The smallest absolute Gasteiger partial charge is 0.352 e. The molecule has 2 atom stereocenters. The number of carbonyl (C=O) groups is 2. The molecule has 1 fully saturated rings. The second-order valence-electron chi connectivity index (χ2n) is 3.03. The Bertz CT molecular complexity index is 413. The third-order valence-corrected chi connectivity index (χ3v) is 3.37. The Morgan fingerprint density at radius 2 is 2.47 bits per heavy atom. The van der Waals surface area contributed by atoms with Gasteiger partial charge < -0.3 is 5.11 Å². The van der Waals surface area contributed by atoms with E-state index in [4.69, 9.17) is 5.11 Å². The van der Waals surface area contributed by atoms with Gasteiger partial charge in [-0.15, -0.1) is 11.8 Å². The number of carboxylic acids is 1. The Morgan fingerprint density at radius 3 is 3.00 bits per heavy atom. The van der Waals surface area contributed by atoms with E-state index in [2.05, 4.69) is 4.99 Å². The Hall–Kier alpha value is -1.59. The highest BCUT2D eigenvalue weighted by atomic mass is 32.2. The van der Waals surface area contributed by atoms with Crippen LogP contribution in [0.5, 0.6) is 0 Å². The summed E-state index contributed by atoms with van der Waals surface area (Å²) in [6.07, 6.45) is 2.96. The quantitative estimate of drug-likeness (QED) is 0.404. The Labute approximate surface area is 88.6 Å². The molecule has 2 heterocycles. The van der Waals surface area contributed by atoms with E-state index in [1.165, 1.54) is 28.8 Å². The zero-order chi connectivity index (χ0) is 11.0. The number of isocyanates is 1. The van der Waals surface area contributed by atoms with Gasteiger partial charge in [-0.05, 0) is 6.08 Å². The number of β-lactam (4-membered cyclic amide) rings is 1. The van der Waals surface area contributed by atoms with Crippen LogP contribution in [0.1, 0.15) is 6.42 Å². The lowest BCUT2D eigenvalue weighted by Gasteiger charge is -2.43. The Morgan fingerprint density at radius 1 is 1.73 bits per heavy atom. The molecule has 0 aromatic carbocycles. The molecule has 1 saturated heterocycles. The molecule has 0 bridgehead atoms. The minimum Gasteiger partial charge on any atom is -0.477 e. The van der Waals surface area contributed by atoms with Crippen LogP contribution < -0.4 is 0 Å². The van der Waals surface area contributed by atoms with E-state index in [9.17, 15) is 14.4 Å². The molecule has 78 valence electrons. The number of fused-ring (bicyclic) bond motifs is 1. The Kier molecular flexibility index (Phi) is 2.34. The number of hydrogen-bond acceptors (Lipinski definition) is 5. The highest BCUT2D eigenvalue weighted by Crippen LogP contribution is 2.40. The van der Waals surface area contributed by atoms with Crippen LogP contribution in [-0.4, -0.2) is 38.7 Å². The minimum absolute atomic E-state index is 0.0981. The van der Waals surface area contributed by atoms with E-state index < -0.39 is 11.3 Å². The molecule has 1 N–H and O–H groups in total. The first-order chi connectivity index (χ1) is 7.13. The number of nitrogens with zero attached hydrogens (tertiary/aromatic N) is 2. The number of hydrogen-bond donors (Lipinski definition) is 1. The fourth-order valence-corrected chi connectivity index (χ4v) is 2.72. The highest BCUT2D eigenvalue weighted by molar-refractivity contribution is 8.00. The van der Waals surface area contributed by atoms with Crippen LogP contribution in [0.3, 0.4) is 0 Å². The average molecular weight is 226 g/mol. The molecular formula is C8H6N2O4S. The molecule has 2 rings (SSSR count). The topological polar surface area (TPSA) is 87.0 Å². The first-order valence-corrected chi connectivity index (χ1v) is 5.07. The third-order valence-electron chi connectivity index (χ3n) is 2.16. The summed E-state index contributed by atoms with van der Waals surface area (Å²) in [5, 5.41) is 8.09. The summed E-state index contributed by atoms with van der Waals surface area (Å²) < 4.78 is 0. The summed E-state index contributed by atoms with van der Waals surface area (Å²) in [5.41, 5.74) is -0.0981.